The third-order valence-electron chi connectivity index (χ3n) is 5.19. The van der Waals surface area contributed by atoms with E-state index in [0.29, 0.717) is 5.41 Å². The molecule has 2 heterocycles. The fourth-order valence-corrected chi connectivity index (χ4v) is 2.85. The number of halogens is 1. The van der Waals surface area contributed by atoms with Gasteiger partial charge in [0.1, 0.15) is 5.76 Å². The molecule has 6 heteroatoms. The Morgan fingerprint density at radius 3 is 2.36 bits per heavy atom. The predicted octanol–water partition coefficient (Wildman–Crippen LogP) is 3.15. The lowest BCUT2D eigenvalue weighted by Crippen LogP contribution is -2.72. The lowest BCUT2D eigenvalue weighted by Gasteiger charge is -2.62. The van der Waals surface area contributed by atoms with E-state index < -0.39 is 0 Å². The number of aryl methyl sites for hydroxylation is 2. The van der Waals surface area contributed by atoms with Crippen LogP contribution in [0.3, 0.4) is 0 Å². The summed E-state index contributed by atoms with van der Waals surface area (Å²) in [4.78, 5) is 6.77. The SMILES string of the molecule is CN=C(NCCc1c(C)noc1C)N1CC(C)(C)C1(C)C.I. The number of hydrogen-bond acceptors (Lipinski definition) is 3. The van der Waals surface area contributed by atoms with Crippen LogP contribution in [0.4, 0.5) is 0 Å². The molecule has 2 rings (SSSR count). The second-order valence-electron chi connectivity index (χ2n) is 7.06. The first-order valence-electron chi connectivity index (χ1n) is 7.61. The summed E-state index contributed by atoms with van der Waals surface area (Å²) < 4.78 is 5.20. The minimum Gasteiger partial charge on any atom is -0.361 e. The summed E-state index contributed by atoms with van der Waals surface area (Å²) in [7, 11) is 1.85. The molecule has 1 aromatic heterocycles. The maximum Gasteiger partial charge on any atom is 0.194 e. The molecule has 0 atom stereocenters. The van der Waals surface area contributed by atoms with Crippen molar-refractivity contribution < 1.29 is 4.52 Å². The molecule has 22 heavy (non-hydrogen) atoms. The zero-order chi connectivity index (χ0) is 15.8. The maximum absolute atomic E-state index is 5.20. The Balaban J connectivity index is 0.00000242. The Kier molecular flexibility index (Phi) is 5.92. The highest BCUT2D eigenvalue weighted by Crippen LogP contribution is 2.46. The van der Waals surface area contributed by atoms with Crippen LogP contribution >= 0.6 is 24.0 Å². The van der Waals surface area contributed by atoms with Gasteiger partial charge in [0.2, 0.25) is 0 Å². The van der Waals surface area contributed by atoms with Crippen molar-refractivity contribution in [3.8, 4) is 0 Å². The Morgan fingerprint density at radius 2 is 1.95 bits per heavy atom. The summed E-state index contributed by atoms with van der Waals surface area (Å²) in [5.41, 5.74) is 2.61. The van der Waals surface area contributed by atoms with Crippen molar-refractivity contribution in [1.29, 1.82) is 0 Å². The molecule has 1 aliphatic heterocycles. The average Bonchev–Trinajstić information content (AvgIpc) is 2.73. The van der Waals surface area contributed by atoms with Gasteiger partial charge < -0.3 is 14.7 Å². The van der Waals surface area contributed by atoms with Gasteiger partial charge in [-0.15, -0.1) is 24.0 Å². The summed E-state index contributed by atoms with van der Waals surface area (Å²) in [6, 6.07) is 0. The fourth-order valence-electron chi connectivity index (χ4n) is 2.85. The van der Waals surface area contributed by atoms with E-state index in [2.05, 4.69) is 48.1 Å². The van der Waals surface area contributed by atoms with Gasteiger partial charge >= 0.3 is 0 Å². The molecule has 0 unspecified atom stereocenters. The molecule has 0 aromatic carbocycles. The van der Waals surface area contributed by atoms with Gasteiger partial charge in [0.25, 0.3) is 0 Å². The number of guanidine groups is 1. The van der Waals surface area contributed by atoms with Crippen molar-refractivity contribution in [1.82, 2.24) is 15.4 Å². The molecule has 0 saturated carbocycles. The summed E-state index contributed by atoms with van der Waals surface area (Å²) in [6.45, 7) is 15.0. The maximum atomic E-state index is 5.20. The number of likely N-dealkylation sites (tertiary alicyclic amines) is 1. The van der Waals surface area contributed by atoms with Crippen molar-refractivity contribution >= 4 is 29.9 Å². The van der Waals surface area contributed by atoms with Crippen molar-refractivity contribution in [2.45, 2.75) is 53.5 Å². The van der Waals surface area contributed by atoms with E-state index >= 15 is 0 Å². The number of nitrogens with zero attached hydrogens (tertiary/aromatic N) is 3. The first kappa shape index (κ1) is 19.3. The second kappa shape index (κ2) is 6.76. The zero-order valence-electron chi connectivity index (χ0n) is 14.8. The van der Waals surface area contributed by atoms with E-state index in [1.54, 1.807) is 0 Å². The van der Waals surface area contributed by atoms with Gasteiger partial charge in [0, 0.05) is 36.7 Å². The van der Waals surface area contributed by atoms with E-state index in [0.717, 1.165) is 36.9 Å². The Bertz CT molecular complexity index is 529. The third-order valence-corrected chi connectivity index (χ3v) is 5.19. The monoisotopic (exact) mass is 420 g/mol. The highest BCUT2D eigenvalue weighted by molar-refractivity contribution is 14.0. The van der Waals surface area contributed by atoms with Gasteiger partial charge in [-0.1, -0.05) is 19.0 Å². The van der Waals surface area contributed by atoms with Crippen LogP contribution in [0.2, 0.25) is 0 Å². The molecule has 0 spiro atoms. The smallest absolute Gasteiger partial charge is 0.194 e. The number of nitrogens with one attached hydrogen (secondary N) is 1. The standard InChI is InChI=1S/C16H28N4O.HI/c1-11-13(12(2)21-19-11)8-9-18-14(17-7)20-10-15(3,4)16(20,5)6;/h8-10H2,1-7H3,(H,17,18);1H. The molecule has 0 radical (unpaired) electrons. The predicted molar refractivity (Wildman–Crippen MR) is 101 cm³/mol. The normalized spacial score (nSPS) is 19.4. The Hall–Kier alpha value is -0.790. The first-order chi connectivity index (χ1) is 9.70. The van der Waals surface area contributed by atoms with Crippen molar-refractivity contribution in [3.05, 3.63) is 17.0 Å². The number of aliphatic imine (C=N–C) groups is 1. The molecule has 126 valence electrons. The van der Waals surface area contributed by atoms with Gasteiger partial charge in [0.15, 0.2) is 5.96 Å². The number of hydrogen-bond donors (Lipinski definition) is 1. The van der Waals surface area contributed by atoms with E-state index in [1.807, 2.05) is 20.9 Å². The molecule has 1 N–H and O–H groups in total. The van der Waals surface area contributed by atoms with Crippen molar-refractivity contribution in [2.24, 2.45) is 10.4 Å². The van der Waals surface area contributed by atoms with Gasteiger partial charge in [-0.25, -0.2) is 0 Å². The number of rotatable bonds is 3. The third kappa shape index (κ3) is 3.26. The van der Waals surface area contributed by atoms with Crippen LogP contribution in [0, 0.1) is 19.3 Å². The van der Waals surface area contributed by atoms with Crippen LogP contribution in [0.5, 0.6) is 0 Å². The van der Waals surface area contributed by atoms with Gasteiger partial charge in [0.05, 0.1) is 5.69 Å². The summed E-state index contributed by atoms with van der Waals surface area (Å²) in [6.07, 6.45) is 0.901. The molecule has 0 aliphatic carbocycles. The first-order valence-corrected chi connectivity index (χ1v) is 7.61. The van der Waals surface area contributed by atoms with E-state index in [4.69, 9.17) is 4.52 Å². The molecular weight excluding hydrogens is 391 g/mol. The van der Waals surface area contributed by atoms with Crippen LogP contribution in [0.1, 0.15) is 44.7 Å². The van der Waals surface area contributed by atoms with Gasteiger partial charge in [-0.3, -0.25) is 4.99 Å². The molecule has 1 fully saturated rings. The van der Waals surface area contributed by atoms with Crippen LogP contribution in [-0.4, -0.2) is 41.7 Å². The minimum absolute atomic E-state index is 0. The highest BCUT2D eigenvalue weighted by Gasteiger charge is 2.53. The summed E-state index contributed by atoms with van der Waals surface area (Å²) in [5.74, 6) is 1.89. The molecule has 1 saturated heterocycles. The second-order valence-corrected chi connectivity index (χ2v) is 7.06. The topological polar surface area (TPSA) is 53.7 Å². The van der Waals surface area contributed by atoms with Gasteiger partial charge in [-0.05, 0) is 34.1 Å². The van der Waals surface area contributed by atoms with Crippen LogP contribution < -0.4 is 5.32 Å². The van der Waals surface area contributed by atoms with Crippen molar-refractivity contribution in [3.63, 3.8) is 0 Å². The van der Waals surface area contributed by atoms with Crippen LogP contribution in [0.15, 0.2) is 9.52 Å². The lowest BCUT2D eigenvalue weighted by molar-refractivity contribution is -0.0666. The van der Waals surface area contributed by atoms with E-state index in [1.165, 1.54) is 5.56 Å². The number of aromatic nitrogens is 1. The van der Waals surface area contributed by atoms with Crippen LogP contribution in [0.25, 0.3) is 0 Å². The quantitative estimate of drug-likeness (QED) is 0.464. The molecule has 0 amide bonds. The van der Waals surface area contributed by atoms with E-state index in [-0.39, 0.29) is 29.5 Å². The Labute approximate surface area is 150 Å². The minimum atomic E-state index is 0. The zero-order valence-corrected chi connectivity index (χ0v) is 17.1. The summed E-state index contributed by atoms with van der Waals surface area (Å²) in [5, 5.41) is 7.46. The van der Waals surface area contributed by atoms with Crippen molar-refractivity contribution in [2.75, 3.05) is 20.1 Å². The molecular formula is C16H29IN4O. The largest absolute Gasteiger partial charge is 0.361 e. The molecule has 1 aromatic rings. The molecule has 5 nitrogen and oxygen atoms in total. The highest BCUT2D eigenvalue weighted by atomic mass is 127. The lowest BCUT2D eigenvalue weighted by atomic mass is 9.65. The average molecular weight is 420 g/mol. The van der Waals surface area contributed by atoms with Crippen LogP contribution in [-0.2, 0) is 6.42 Å². The molecule has 0 bridgehead atoms. The molecule has 1 aliphatic rings. The van der Waals surface area contributed by atoms with E-state index in [9.17, 15) is 0 Å². The fraction of sp³-hybridized carbons (Fsp3) is 0.750. The van der Waals surface area contributed by atoms with Gasteiger partial charge in [-0.2, -0.15) is 0 Å². The summed E-state index contributed by atoms with van der Waals surface area (Å²) >= 11 is 0. The Morgan fingerprint density at radius 1 is 1.32 bits per heavy atom.